The quantitative estimate of drug-likeness (QED) is 0.0497. The molecule has 0 saturated heterocycles. The molecule has 264 valence electrons. The molecule has 6 nitrogen and oxygen atoms in total. The van der Waals surface area contributed by atoms with Crippen molar-refractivity contribution >= 4 is 50.3 Å². The van der Waals surface area contributed by atoms with Gasteiger partial charge >= 0.3 is 281 Å². The molecule has 0 spiro atoms. The maximum Gasteiger partial charge on any atom is -0.412 e. The summed E-state index contributed by atoms with van der Waals surface area (Å²) in [5.74, 6) is -0.371. The van der Waals surface area contributed by atoms with Crippen LogP contribution in [0.2, 0.25) is 17.7 Å². The van der Waals surface area contributed by atoms with Crippen molar-refractivity contribution in [3.05, 3.63) is 0 Å². The van der Waals surface area contributed by atoms with E-state index in [1.54, 1.807) is 13.8 Å². The van der Waals surface area contributed by atoms with Crippen molar-refractivity contribution in [1.29, 1.82) is 0 Å². The van der Waals surface area contributed by atoms with Gasteiger partial charge in [-0.1, -0.05) is 0 Å². The van der Waals surface area contributed by atoms with Crippen LogP contribution in [0.3, 0.4) is 0 Å². The topological polar surface area (TPSA) is 93.3 Å². The molecule has 2 N–H and O–H groups in total. The van der Waals surface area contributed by atoms with E-state index < -0.39 is 38.4 Å². The molecule has 8 heteroatoms. The molecule has 0 radical (unpaired) electrons. The van der Waals surface area contributed by atoms with Gasteiger partial charge in [0.2, 0.25) is 0 Å². The van der Waals surface area contributed by atoms with Crippen LogP contribution in [0, 0.1) is 0 Å². The predicted octanol–water partition coefficient (Wildman–Crippen LogP) is 11.6. The first kappa shape index (κ1) is 46.6. The Hall–Kier alpha value is 0.457. The SMILES string of the molecule is CCCCCCC[CH2][Sn]([CH2]CCCCCCC)([O]C(C)=O)[O][Sn]([CH2]CCCCCCC)([CH2]CCCCCCC)[O]C(C)=O.O. The standard InChI is InChI=1S/4C8H17.2C2H4O2.H2O.O.2Sn/c4*1-3-5-7-8-6-4-2;2*1-2(3)4;;;;/h4*1,3-8H2,2H3;2*1H3,(H,3,4);1H2;;;/q;;;;;;;;2*+1/p-2. The second-order valence-electron chi connectivity index (χ2n) is 13.2. The van der Waals surface area contributed by atoms with Crippen molar-refractivity contribution in [3.63, 3.8) is 0 Å². The molecule has 0 aliphatic heterocycles. The Balaban J connectivity index is 0. The third kappa shape index (κ3) is 26.5. The van der Waals surface area contributed by atoms with Gasteiger partial charge in [-0.15, -0.1) is 0 Å². The van der Waals surface area contributed by atoms with Crippen LogP contribution in [0.15, 0.2) is 0 Å². The summed E-state index contributed by atoms with van der Waals surface area (Å²) in [6, 6.07) is 0. The first-order valence-electron chi connectivity index (χ1n) is 18.9. The van der Waals surface area contributed by atoms with E-state index in [9.17, 15) is 9.59 Å². The van der Waals surface area contributed by atoms with Crippen molar-refractivity contribution in [2.24, 2.45) is 0 Å². The minimum Gasteiger partial charge on any atom is -0.412 e. The van der Waals surface area contributed by atoms with Crippen LogP contribution < -0.4 is 0 Å². The monoisotopic (exact) mass is 844 g/mol. The number of hydrogen-bond acceptors (Lipinski definition) is 5. The summed E-state index contributed by atoms with van der Waals surface area (Å²) in [5.41, 5.74) is 0. The number of unbranched alkanes of at least 4 members (excludes halogenated alkanes) is 20. The van der Waals surface area contributed by atoms with Crippen molar-refractivity contribution in [2.45, 2.75) is 213 Å². The third-order valence-electron chi connectivity index (χ3n) is 8.68. The normalized spacial score (nSPS) is 11.8. The molecule has 0 unspecified atom stereocenters. The van der Waals surface area contributed by atoms with Crippen molar-refractivity contribution in [3.8, 4) is 0 Å². The second-order valence-corrected chi connectivity index (χ2v) is 34.9. The Morgan fingerprint density at radius 1 is 0.386 bits per heavy atom. The van der Waals surface area contributed by atoms with Crippen LogP contribution >= 0.6 is 0 Å². The van der Waals surface area contributed by atoms with E-state index in [0.29, 0.717) is 0 Å². The fourth-order valence-corrected chi connectivity index (χ4v) is 46.6. The smallest absolute Gasteiger partial charge is 0.412 e. The molecule has 0 fully saturated rings. The van der Waals surface area contributed by atoms with Gasteiger partial charge in [0.15, 0.2) is 0 Å². The fourth-order valence-electron chi connectivity index (χ4n) is 6.26. The predicted molar refractivity (Wildman–Crippen MR) is 192 cm³/mol. The first-order chi connectivity index (χ1) is 20.8. The molecule has 0 atom stereocenters. The maximum absolute atomic E-state index is 12.7. The summed E-state index contributed by atoms with van der Waals surface area (Å²) in [7, 11) is 0. The molecule has 0 heterocycles. The van der Waals surface area contributed by atoms with Gasteiger partial charge in [0.1, 0.15) is 0 Å². The van der Waals surface area contributed by atoms with Gasteiger partial charge in [0.25, 0.3) is 0 Å². The summed E-state index contributed by atoms with van der Waals surface area (Å²) < 4.78 is 24.1. The molecule has 0 aromatic heterocycles. The molecule has 0 saturated carbocycles. The van der Waals surface area contributed by atoms with Crippen molar-refractivity contribution in [2.75, 3.05) is 0 Å². The minimum atomic E-state index is -3.88. The van der Waals surface area contributed by atoms with E-state index in [-0.39, 0.29) is 17.4 Å². The fraction of sp³-hybridized carbons (Fsp3) is 0.944. The molecular weight excluding hydrogens is 766 g/mol. The molecule has 0 aromatic carbocycles. The molecule has 0 aliphatic rings. The van der Waals surface area contributed by atoms with E-state index in [1.165, 1.54) is 128 Å². The van der Waals surface area contributed by atoms with E-state index >= 15 is 0 Å². The molecule has 0 rings (SSSR count). The van der Waals surface area contributed by atoms with Gasteiger partial charge in [-0.25, -0.2) is 0 Å². The average molecular weight is 842 g/mol. The van der Waals surface area contributed by atoms with Crippen LogP contribution in [0.25, 0.3) is 0 Å². The van der Waals surface area contributed by atoms with Gasteiger partial charge in [-0.3, -0.25) is 0 Å². The summed E-state index contributed by atoms with van der Waals surface area (Å²) in [6.45, 7) is 12.2. The van der Waals surface area contributed by atoms with Crippen molar-refractivity contribution in [1.82, 2.24) is 0 Å². The van der Waals surface area contributed by atoms with Gasteiger partial charge < -0.3 is 5.48 Å². The third-order valence-corrected chi connectivity index (χ3v) is 41.5. The van der Waals surface area contributed by atoms with E-state index in [1.807, 2.05) is 0 Å². The summed E-state index contributed by atoms with van der Waals surface area (Å²) in [5, 5.41) is 0. The summed E-state index contributed by atoms with van der Waals surface area (Å²) in [6.07, 6.45) is 29.1. The number of rotatable bonds is 32. The zero-order chi connectivity index (χ0) is 32.1. The summed E-state index contributed by atoms with van der Waals surface area (Å²) >= 11 is -7.77. The van der Waals surface area contributed by atoms with Gasteiger partial charge in [-0.05, 0) is 0 Å². The molecule has 44 heavy (non-hydrogen) atoms. The molecule has 0 bridgehead atoms. The van der Waals surface area contributed by atoms with Crippen molar-refractivity contribution < 1.29 is 22.6 Å². The second kappa shape index (κ2) is 32.0. The van der Waals surface area contributed by atoms with Crippen LogP contribution in [0.1, 0.15) is 196 Å². The van der Waals surface area contributed by atoms with Crippen LogP contribution in [0.4, 0.5) is 0 Å². The Bertz CT molecular complexity index is 575. The van der Waals surface area contributed by atoms with Gasteiger partial charge in [0.05, 0.1) is 0 Å². The van der Waals surface area contributed by atoms with Gasteiger partial charge in [0, 0.05) is 0 Å². The largest absolute Gasteiger partial charge is 0.412 e. The number of hydrogen-bond donors (Lipinski definition) is 0. The van der Waals surface area contributed by atoms with E-state index in [4.69, 9.17) is 7.56 Å². The molecular formula is C36H76O6Sn2. The molecule has 0 aliphatic carbocycles. The van der Waals surface area contributed by atoms with Crippen LogP contribution in [-0.2, 0) is 17.1 Å². The van der Waals surface area contributed by atoms with Crippen LogP contribution in [-0.4, -0.2) is 55.8 Å². The average Bonchev–Trinajstić information content (AvgIpc) is 2.95. The Labute approximate surface area is 284 Å². The van der Waals surface area contributed by atoms with Gasteiger partial charge in [-0.2, -0.15) is 0 Å². The summed E-state index contributed by atoms with van der Waals surface area (Å²) in [4.78, 5) is 25.4. The molecule has 0 aromatic rings. The zero-order valence-corrected chi connectivity index (χ0v) is 36.0. The van der Waals surface area contributed by atoms with E-state index in [0.717, 1.165) is 43.4 Å². The number of carbonyl (C=O) groups excluding carboxylic acids is 2. The zero-order valence-electron chi connectivity index (χ0n) is 30.3. The maximum atomic E-state index is 12.7. The Morgan fingerprint density at radius 2 is 0.591 bits per heavy atom. The van der Waals surface area contributed by atoms with Crippen LogP contribution in [0.5, 0.6) is 0 Å². The Morgan fingerprint density at radius 3 is 0.795 bits per heavy atom. The first-order valence-corrected chi connectivity index (χ1v) is 31.6. The Kier molecular flexibility index (Phi) is 33.9. The van der Waals surface area contributed by atoms with E-state index in [2.05, 4.69) is 27.7 Å². The minimum absolute atomic E-state index is 0. The number of carbonyl (C=O) groups is 2. The molecule has 0 amide bonds.